The molecule has 4 nitrogen and oxygen atoms in total. The maximum Gasteiger partial charge on any atom is 0.356 e. The molecule has 1 fully saturated rings. The lowest BCUT2D eigenvalue weighted by Gasteiger charge is -2.21. The molecule has 1 aromatic heterocycles. The van der Waals surface area contributed by atoms with Crippen LogP contribution in [-0.2, 0) is 0 Å². The molecule has 1 heterocycles. The van der Waals surface area contributed by atoms with Crippen LogP contribution >= 0.6 is 11.6 Å². The lowest BCUT2D eigenvalue weighted by atomic mass is 9.90. The summed E-state index contributed by atoms with van der Waals surface area (Å²) in [5.74, 6) is -0.241. The van der Waals surface area contributed by atoms with Crippen LogP contribution in [0.1, 0.15) is 42.6 Å². The summed E-state index contributed by atoms with van der Waals surface area (Å²) in [7, 11) is 0. The number of carbonyl (C=O) groups is 1. The minimum Gasteiger partial charge on any atom is -0.477 e. The Hall–Kier alpha value is -1.29. The van der Waals surface area contributed by atoms with E-state index in [9.17, 15) is 4.79 Å². The van der Waals surface area contributed by atoms with Crippen LogP contribution in [0.25, 0.3) is 0 Å². The molecule has 0 radical (unpaired) electrons. The predicted molar refractivity (Wildman–Crippen MR) is 68.3 cm³/mol. The van der Waals surface area contributed by atoms with E-state index in [1.165, 1.54) is 38.2 Å². The molecule has 2 rings (SSSR count). The van der Waals surface area contributed by atoms with E-state index in [2.05, 4.69) is 4.98 Å². The summed E-state index contributed by atoms with van der Waals surface area (Å²) in [4.78, 5) is 14.8. The van der Waals surface area contributed by atoms with E-state index in [0.717, 1.165) is 0 Å². The Morgan fingerprint density at radius 1 is 1.39 bits per heavy atom. The molecule has 0 atom stereocenters. The fourth-order valence-electron chi connectivity index (χ4n) is 2.21. The van der Waals surface area contributed by atoms with E-state index in [4.69, 9.17) is 21.4 Å². The quantitative estimate of drug-likeness (QED) is 0.910. The van der Waals surface area contributed by atoms with Gasteiger partial charge in [0.1, 0.15) is 0 Å². The minimum absolute atomic E-state index is 0.132. The van der Waals surface area contributed by atoms with Crippen molar-refractivity contribution in [2.24, 2.45) is 5.92 Å². The normalized spacial score (nSPS) is 16.5. The average Bonchev–Trinajstić information content (AvgIpc) is 2.38. The fraction of sp³-hybridized carbons (Fsp3) is 0.538. The van der Waals surface area contributed by atoms with Crippen LogP contribution in [0.2, 0.25) is 5.02 Å². The number of nitrogens with zero attached hydrogens (tertiary/aromatic N) is 1. The molecule has 98 valence electrons. The number of halogens is 1. The zero-order valence-electron chi connectivity index (χ0n) is 10.1. The Bertz CT molecular complexity index is 430. The summed E-state index contributed by atoms with van der Waals surface area (Å²) in [6.07, 6.45) is 6.17. The fourth-order valence-corrected chi connectivity index (χ4v) is 2.40. The van der Waals surface area contributed by atoms with E-state index in [0.29, 0.717) is 18.4 Å². The Balaban J connectivity index is 1.96. The Morgan fingerprint density at radius 2 is 2.11 bits per heavy atom. The number of aromatic carboxylic acids is 1. The van der Waals surface area contributed by atoms with Crippen molar-refractivity contribution >= 4 is 17.6 Å². The SMILES string of the molecule is O=C(O)c1nc(OCC2CCCCC2)ccc1Cl. The van der Waals surface area contributed by atoms with Gasteiger partial charge in [-0.25, -0.2) is 9.78 Å². The predicted octanol–water partition coefficient (Wildman–Crippen LogP) is 3.39. The average molecular weight is 270 g/mol. The van der Waals surface area contributed by atoms with Gasteiger partial charge in [0.25, 0.3) is 0 Å². The molecule has 5 heteroatoms. The molecule has 1 saturated carbocycles. The standard InChI is InChI=1S/C13H16ClNO3/c14-10-6-7-11(15-12(10)13(16)17)18-8-9-4-2-1-3-5-9/h6-7,9H,1-5,8H2,(H,16,17). The van der Waals surface area contributed by atoms with Crippen LogP contribution in [0.4, 0.5) is 0 Å². The van der Waals surface area contributed by atoms with E-state index in [-0.39, 0.29) is 10.7 Å². The summed E-state index contributed by atoms with van der Waals surface area (Å²) in [6, 6.07) is 3.12. The molecule has 18 heavy (non-hydrogen) atoms. The molecule has 1 aliphatic rings. The van der Waals surface area contributed by atoms with Crippen molar-refractivity contribution in [1.82, 2.24) is 4.98 Å². The summed E-state index contributed by atoms with van der Waals surface area (Å²) in [5, 5.41) is 9.04. The molecular formula is C13H16ClNO3. The van der Waals surface area contributed by atoms with Crippen molar-refractivity contribution in [1.29, 1.82) is 0 Å². The van der Waals surface area contributed by atoms with Gasteiger partial charge in [-0.2, -0.15) is 0 Å². The largest absolute Gasteiger partial charge is 0.477 e. The van der Waals surface area contributed by atoms with Crippen LogP contribution in [0, 0.1) is 5.92 Å². The Morgan fingerprint density at radius 3 is 2.78 bits per heavy atom. The first-order valence-electron chi connectivity index (χ1n) is 6.19. The van der Waals surface area contributed by atoms with Crippen molar-refractivity contribution in [3.8, 4) is 5.88 Å². The first-order chi connectivity index (χ1) is 8.66. The summed E-state index contributed by atoms with van der Waals surface area (Å²) in [5.41, 5.74) is -0.155. The van der Waals surface area contributed by atoms with Gasteiger partial charge in [0.2, 0.25) is 5.88 Å². The molecule has 0 unspecified atom stereocenters. The third-order valence-electron chi connectivity index (χ3n) is 3.21. The lowest BCUT2D eigenvalue weighted by Crippen LogP contribution is -2.16. The number of rotatable bonds is 4. The first-order valence-corrected chi connectivity index (χ1v) is 6.57. The molecule has 1 aliphatic carbocycles. The number of aromatic nitrogens is 1. The highest BCUT2D eigenvalue weighted by molar-refractivity contribution is 6.33. The van der Waals surface area contributed by atoms with Crippen molar-refractivity contribution < 1.29 is 14.6 Å². The molecule has 0 amide bonds. The van der Waals surface area contributed by atoms with E-state index >= 15 is 0 Å². The van der Waals surface area contributed by atoms with Gasteiger partial charge >= 0.3 is 5.97 Å². The molecule has 1 aromatic rings. The van der Waals surface area contributed by atoms with Crippen molar-refractivity contribution in [2.45, 2.75) is 32.1 Å². The molecule has 0 aliphatic heterocycles. The van der Waals surface area contributed by atoms with Crippen LogP contribution < -0.4 is 4.74 Å². The zero-order chi connectivity index (χ0) is 13.0. The highest BCUT2D eigenvalue weighted by Crippen LogP contribution is 2.25. The smallest absolute Gasteiger partial charge is 0.356 e. The van der Waals surface area contributed by atoms with Gasteiger partial charge in [0.05, 0.1) is 11.6 Å². The molecule has 0 aromatic carbocycles. The summed E-state index contributed by atoms with van der Waals surface area (Å²) >= 11 is 5.74. The maximum atomic E-state index is 10.9. The zero-order valence-corrected chi connectivity index (χ0v) is 10.8. The number of pyridine rings is 1. The van der Waals surface area contributed by atoms with Crippen LogP contribution in [0.3, 0.4) is 0 Å². The van der Waals surface area contributed by atoms with Gasteiger partial charge < -0.3 is 9.84 Å². The molecular weight excluding hydrogens is 254 g/mol. The number of hydrogen-bond acceptors (Lipinski definition) is 3. The Kier molecular flexibility index (Phi) is 4.42. The molecule has 1 N–H and O–H groups in total. The highest BCUT2D eigenvalue weighted by atomic mass is 35.5. The van der Waals surface area contributed by atoms with Gasteiger partial charge in [-0.15, -0.1) is 0 Å². The van der Waals surface area contributed by atoms with Crippen LogP contribution in [0.5, 0.6) is 5.88 Å². The third-order valence-corrected chi connectivity index (χ3v) is 3.52. The second kappa shape index (κ2) is 6.05. The second-order valence-electron chi connectivity index (χ2n) is 4.60. The first kappa shape index (κ1) is 13.1. The van der Waals surface area contributed by atoms with Gasteiger partial charge in [-0.3, -0.25) is 0 Å². The van der Waals surface area contributed by atoms with Crippen LogP contribution in [0.15, 0.2) is 12.1 Å². The highest BCUT2D eigenvalue weighted by Gasteiger charge is 2.16. The second-order valence-corrected chi connectivity index (χ2v) is 5.01. The maximum absolute atomic E-state index is 10.9. The summed E-state index contributed by atoms with van der Waals surface area (Å²) in [6.45, 7) is 0.605. The number of carboxylic acids is 1. The van der Waals surface area contributed by atoms with Gasteiger partial charge in [-0.05, 0) is 24.8 Å². The van der Waals surface area contributed by atoms with Gasteiger partial charge in [0.15, 0.2) is 5.69 Å². The minimum atomic E-state index is -1.14. The van der Waals surface area contributed by atoms with Gasteiger partial charge in [-0.1, -0.05) is 30.9 Å². The lowest BCUT2D eigenvalue weighted by molar-refractivity contribution is 0.0689. The third kappa shape index (κ3) is 3.35. The van der Waals surface area contributed by atoms with Crippen molar-refractivity contribution in [3.63, 3.8) is 0 Å². The number of hydrogen-bond donors (Lipinski definition) is 1. The van der Waals surface area contributed by atoms with Crippen LogP contribution in [-0.4, -0.2) is 22.7 Å². The van der Waals surface area contributed by atoms with E-state index in [1.807, 2.05) is 0 Å². The molecule has 0 saturated heterocycles. The number of ether oxygens (including phenoxy) is 1. The molecule has 0 spiro atoms. The molecule has 0 bridgehead atoms. The van der Waals surface area contributed by atoms with Gasteiger partial charge in [0, 0.05) is 6.07 Å². The summed E-state index contributed by atoms with van der Waals surface area (Å²) < 4.78 is 5.56. The Labute approximate surface area is 111 Å². The van der Waals surface area contributed by atoms with Crippen molar-refractivity contribution in [2.75, 3.05) is 6.61 Å². The topological polar surface area (TPSA) is 59.4 Å². The van der Waals surface area contributed by atoms with Crippen molar-refractivity contribution in [3.05, 3.63) is 22.8 Å². The van der Waals surface area contributed by atoms with E-state index in [1.54, 1.807) is 6.07 Å². The number of carboxylic acid groups (broad SMARTS) is 1. The van der Waals surface area contributed by atoms with E-state index < -0.39 is 5.97 Å². The monoisotopic (exact) mass is 269 g/mol.